The van der Waals surface area contributed by atoms with Gasteiger partial charge in [0, 0.05) is 22.9 Å². The van der Waals surface area contributed by atoms with E-state index in [0.29, 0.717) is 40.4 Å². The van der Waals surface area contributed by atoms with Crippen molar-refractivity contribution in [1.29, 1.82) is 5.26 Å². The second-order valence-electron chi connectivity index (χ2n) is 5.10. The fourth-order valence-corrected chi connectivity index (χ4v) is 2.34. The second kappa shape index (κ2) is 10.7. The van der Waals surface area contributed by atoms with E-state index in [4.69, 9.17) is 34.2 Å². The molecular formula is C18H16Cl2F2N2O. The zero-order chi connectivity index (χ0) is 18.8. The van der Waals surface area contributed by atoms with Gasteiger partial charge in [-0.05, 0) is 60.4 Å². The number of nitriles is 1. The molecule has 0 aliphatic rings. The Morgan fingerprint density at radius 2 is 1.48 bits per heavy atom. The lowest BCUT2D eigenvalue weighted by atomic mass is 10.1. The summed E-state index contributed by atoms with van der Waals surface area (Å²) in [5, 5.41) is 9.28. The highest BCUT2D eigenvalue weighted by Crippen LogP contribution is 2.19. The molecule has 132 valence electrons. The number of amides is 1. The molecule has 2 aromatic carbocycles. The first-order valence-corrected chi connectivity index (χ1v) is 8.12. The van der Waals surface area contributed by atoms with Crippen LogP contribution in [-0.2, 0) is 17.6 Å². The minimum absolute atomic E-state index is 0.184. The Hall–Kier alpha value is -2.16. The molecule has 3 nitrogen and oxygen atoms in total. The van der Waals surface area contributed by atoms with E-state index in [1.54, 1.807) is 0 Å². The van der Waals surface area contributed by atoms with Crippen molar-refractivity contribution < 1.29 is 13.6 Å². The summed E-state index contributed by atoms with van der Waals surface area (Å²) in [6, 6.07) is 10.2. The molecule has 0 spiro atoms. The molecule has 25 heavy (non-hydrogen) atoms. The number of benzene rings is 2. The second-order valence-corrected chi connectivity index (χ2v) is 5.91. The van der Waals surface area contributed by atoms with Crippen LogP contribution in [0.4, 0.5) is 8.78 Å². The van der Waals surface area contributed by atoms with Crippen LogP contribution in [0.5, 0.6) is 0 Å². The normalized spacial score (nSPS) is 9.72. The van der Waals surface area contributed by atoms with Crippen molar-refractivity contribution in [1.82, 2.24) is 0 Å². The van der Waals surface area contributed by atoms with Gasteiger partial charge in [-0.15, -0.1) is 0 Å². The molecule has 0 heterocycles. The summed E-state index contributed by atoms with van der Waals surface area (Å²) < 4.78 is 25.3. The van der Waals surface area contributed by atoms with Crippen LogP contribution in [0.15, 0.2) is 36.4 Å². The number of nitrogens with zero attached hydrogens (tertiary/aromatic N) is 1. The first-order valence-electron chi connectivity index (χ1n) is 7.36. The summed E-state index contributed by atoms with van der Waals surface area (Å²) in [4.78, 5) is 10.5. The fraction of sp³-hybridized carbons (Fsp3) is 0.222. The van der Waals surface area contributed by atoms with Crippen molar-refractivity contribution in [2.45, 2.75) is 25.7 Å². The molecule has 2 rings (SSSR count). The van der Waals surface area contributed by atoms with E-state index >= 15 is 0 Å². The standard InChI is InChI=1S/C9H9ClFNO.C9H7ClFN/c10-8-3-2-7(11)5-6(8)1-4-9(12)13;10-9-4-3-8(11)6-7(9)2-1-5-12/h2-3,5H,1,4H2,(H2,12,13);3-4,6H,1-2H2. The summed E-state index contributed by atoms with van der Waals surface area (Å²) in [7, 11) is 0. The highest BCUT2D eigenvalue weighted by atomic mass is 35.5. The van der Waals surface area contributed by atoms with Gasteiger partial charge in [0.25, 0.3) is 0 Å². The zero-order valence-electron chi connectivity index (χ0n) is 13.2. The molecule has 0 aromatic heterocycles. The van der Waals surface area contributed by atoms with E-state index in [1.165, 1.54) is 36.4 Å². The van der Waals surface area contributed by atoms with Gasteiger partial charge in [-0.25, -0.2) is 8.78 Å². The van der Waals surface area contributed by atoms with E-state index in [2.05, 4.69) is 0 Å². The highest BCUT2D eigenvalue weighted by Gasteiger charge is 2.03. The van der Waals surface area contributed by atoms with Gasteiger partial charge < -0.3 is 5.73 Å². The van der Waals surface area contributed by atoms with Crippen LogP contribution in [0.3, 0.4) is 0 Å². The zero-order valence-corrected chi connectivity index (χ0v) is 14.7. The van der Waals surface area contributed by atoms with Crippen molar-refractivity contribution >= 4 is 29.1 Å². The van der Waals surface area contributed by atoms with Gasteiger partial charge in [-0.3, -0.25) is 4.79 Å². The largest absolute Gasteiger partial charge is 0.370 e. The van der Waals surface area contributed by atoms with E-state index in [1.807, 2.05) is 6.07 Å². The third-order valence-electron chi connectivity index (χ3n) is 3.16. The molecular weight excluding hydrogens is 369 g/mol. The number of hydrogen-bond acceptors (Lipinski definition) is 2. The van der Waals surface area contributed by atoms with Crippen LogP contribution in [0.2, 0.25) is 10.0 Å². The van der Waals surface area contributed by atoms with Crippen LogP contribution in [0.1, 0.15) is 24.0 Å². The summed E-state index contributed by atoms with van der Waals surface area (Å²) in [6.07, 6.45) is 1.44. The van der Waals surface area contributed by atoms with Gasteiger partial charge in [0.1, 0.15) is 11.6 Å². The van der Waals surface area contributed by atoms with Gasteiger partial charge in [-0.1, -0.05) is 23.2 Å². The molecule has 0 aliphatic heterocycles. The molecule has 0 saturated carbocycles. The maximum absolute atomic E-state index is 12.7. The van der Waals surface area contributed by atoms with Gasteiger partial charge >= 0.3 is 0 Å². The minimum Gasteiger partial charge on any atom is -0.370 e. The number of nitrogens with two attached hydrogens (primary N) is 1. The molecule has 0 radical (unpaired) electrons. The Balaban J connectivity index is 0.000000251. The van der Waals surface area contributed by atoms with E-state index in [-0.39, 0.29) is 18.1 Å². The number of primary amides is 1. The lowest BCUT2D eigenvalue weighted by Crippen LogP contribution is -2.11. The Morgan fingerprint density at radius 3 is 1.92 bits per heavy atom. The third kappa shape index (κ3) is 7.97. The summed E-state index contributed by atoms with van der Waals surface area (Å²) in [5.74, 6) is -1.09. The Bertz CT molecular complexity index is 776. The van der Waals surface area contributed by atoms with Crippen molar-refractivity contribution in [2.24, 2.45) is 5.73 Å². The van der Waals surface area contributed by atoms with Crippen LogP contribution >= 0.6 is 23.2 Å². The average molecular weight is 385 g/mol. The molecule has 0 atom stereocenters. The Labute approximate surface area is 155 Å². The first-order chi connectivity index (χ1) is 11.8. The van der Waals surface area contributed by atoms with Gasteiger partial charge in [0.05, 0.1) is 6.07 Å². The van der Waals surface area contributed by atoms with Crippen molar-refractivity contribution in [2.75, 3.05) is 0 Å². The Morgan fingerprint density at radius 1 is 1.00 bits per heavy atom. The maximum Gasteiger partial charge on any atom is 0.217 e. The first kappa shape index (κ1) is 20.9. The summed E-state index contributed by atoms with van der Waals surface area (Å²) >= 11 is 11.5. The quantitative estimate of drug-likeness (QED) is 0.801. The fourth-order valence-electron chi connectivity index (χ4n) is 1.92. The SMILES string of the molecule is N#CCCc1cc(F)ccc1Cl.NC(=O)CCc1cc(F)ccc1Cl. The summed E-state index contributed by atoms with van der Waals surface area (Å²) in [6.45, 7) is 0. The molecule has 2 aromatic rings. The van der Waals surface area contributed by atoms with E-state index in [9.17, 15) is 13.6 Å². The Kier molecular flexibility index (Phi) is 8.90. The number of aryl methyl sites for hydroxylation is 2. The third-order valence-corrected chi connectivity index (χ3v) is 3.90. The lowest BCUT2D eigenvalue weighted by Gasteiger charge is -2.01. The van der Waals surface area contributed by atoms with Crippen LogP contribution in [-0.4, -0.2) is 5.91 Å². The molecule has 1 amide bonds. The minimum atomic E-state index is -0.416. The van der Waals surface area contributed by atoms with Crippen molar-refractivity contribution in [3.8, 4) is 6.07 Å². The lowest BCUT2D eigenvalue weighted by molar-refractivity contribution is -0.117. The number of carbonyl (C=O) groups excluding carboxylic acids is 1. The predicted octanol–water partition coefficient (Wildman–Crippen LogP) is 4.83. The average Bonchev–Trinajstić information content (AvgIpc) is 2.57. The number of carbonyl (C=O) groups is 1. The topological polar surface area (TPSA) is 66.9 Å². The number of halogens is 4. The predicted molar refractivity (Wildman–Crippen MR) is 94.3 cm³/mol. The molecule has 7 heteroatoms. The van der Waals surface area contributed by atoms with Crippen LogP contribution in [0, 0.1) is 23.0 Å². The highest BCUT2D eigenvalue weighted by molar-refractivity contribution is 6.31. The smallest absolute Gasteiger partial charge is 0.217 e. The summed E-state index contributed by atoms with van der Waals surface area (Å²) in [5.41, 5.74) is 6.26. The molecule has 0 saturated heterocycles. The van der Waals surface area contributed by atoms with Gasteiger partial charge in [-0.2, -0.15) is 5.26 Å². The maximum atomic E-state index is 12.7. The van der Waals surface area contributed by atoms with E-state index < -0.39 is 5.91 Å². The molecule has 0 unspecified atom stereocenters. The van der Waals surface area contributed by atoms with Gasteiger partial charge in [0.2, 0.25) is 5.91 Å². The van der Waals surface area contributed by atoms with E-state index in [0.717, 1.165) is 0 Å². The van der Waals surface area contributed by atoms with Crippen molar-refractivity contribution in [3.05, 3.63) is 69.2 Å². The molecule has 0 fully saturated rings. The van der Waals surface area contributed by atoms with Gasteiger partial charge in [0.15, 0.2) is 0 Å². The molecule has 2 N–H and O–H groups in total. The molecule has 0 bridgehead atoms. The molecule has 0 aliphatic carbocycles. The van der Waals surface area contributed by atoms with Crippen molar-refractivity contribution in [3.63, 3.8) is 0 Å². The number of rotatable bonds is 5. The number of hydrogen-bond donors (Lipinski definition) is 1. The monoisotopic (exact) mass is 384 g/mol. The van der Waals surface area contributed by atoms with Crippen LogP contribution < -0.4 is 5.73 Å². The van der Waals surface area contributed by atoms with Crippen LogP contribution in [0.25, 0.3) is 0 Å².